The molecule has 3 heteroatoms. The van der Waals surface area contributed by atoms with Gasteiger partial charge in [-0.15, -0.1) is 0 Å². The number of nitrogens with one attached hydrogen (secondary N) is 1. The lowest BCUT2D eigenvalue weighted by Gasteiger charge is -2.04. The minimum absolute atomic E-state index is 0.793. The second-order valence-electron chi connectivity index (χ2n) is 4.36. The average molecular weight is 308 g/mol. The molecule has 1 aromatic heterocycles. The first-order chi connectivity index (χ1) is 8.72. The Labute approximate surface area is 117 Å². The van der Waals surface area contributed by atoms with Gasteiger partial charge in [-0.2, -0.15) is 0 Å². The Morgan fingerprint density at radius 3 is 2.83 bits per heavy atom. The van der Waals surface area contributed by atoms with Gasteiger partial charge in [-0.05, 0) is 43.7 Å². The Bertz CT molecular complexity index is 519. The molecule has 0 unspecified atom stereocenters. The molecule has 0 fully saturated rings. The van der Waals surface area contributed by atoms with Crippen LogP contribution in [0.15, 0.2) is 39.2 Å². The fourth-order valence-corrected chi connectivity index (χ4v) is 2.25. The number of rotatable bonds is 5. The summed E-state index contributed by atoms with van der Waals surface area (Å²) in [6.45, 7) is 6.06. The Kier molecular flexibility index (Phi) is 4.61. The van der Waals surface area contributed by atoms with Gasteiger partial charge in [0, 0.05) is 10.0 Å². The lowest BCUT2D eigenvalue weighted by molar-refractivity contribution is 0.493. The van der Waals surface area contributed by atoms with Gasteiger partial charge in [0.1, 0.15) is 11.5 Å². The fourth-order valence-electron chi connectivity index (χ4n) is 1.88. The molecule has 0 spiro atoms. The van der Waals surface area contributed by atoms with Gasteiger partial charge in [-0.3, -0.25) is 0 Å². The third kappa shape index (κ3) is 3.03. The van der Waals surface area contributed by atoms with Crippen LogP contribution >= 0.6 is 15.9 Å². The Hall–Kier alpha value is -1.06. The number of hydrogen-bond acceptors (Lipinski definition) is 2. The summed E-state index contributed by atoms with van der Waals surface area (Å²) in [5.41, 5.74) is 2.35. The van der Waals surface area contributed by atoms with Gasteiger partial charge in [0.2, 0.25) is 0 Å². The van der Waals surface area contributed by atoms with E-state index in [-0.39, 0.29) is 0 Å². The molecule has 0 atom stereocenters. The highest BCUT2D eigenvalue weighted by molar-refractivity contribution is 9.10. The molecule has 18 heavy (non-hydrogen) atoms. The lowest BCUT2D eigenvalue weighted by atomic mass is 10.1. The molecule has 2 rings (SSSR count). The van der Waals surface area contributed by atoms with Crippen molar-refractivity contribution < 1.29 is 4.42 Å². The Morgan fingerprint density at radius 1 is 1.22 bits per heavy atom. The molecule has 2 aromatic rings. The van der Waals surface area contributed by atoms with Gasteiger partial charge >= 0.3 is 0 Å². The predicted molar refractivity (Wildman–Crippen MR) is 78.6 cm³/mol. The first-order valence-corrected chi connectivity index (χ1v) is 7.06. The molecule has 2 nitrogen and oxygen atoms in total. The molecule has 96 valence electrons. The standard InChI is InChI=1S/C15H18BrNO/c1-3-9-17-10-12-7-8-15(18-12)13-5-4-6-14(16)11(13)2/h4-8,17H,3,9-10H2,1-2H3. The Morgan fingerprint density at radius 2 is 2.06 bits per heavy atom. The van der Waals surface area contributed by atoms with Gasteiger partial charge in [0.05, 0.1) is 6.54 Å². The summed E-state index contributed by atoms with van der Waals surface area (Å²) in [6, 6.07) is 10.2. The van der Waals surface area contributed by atoms with Crippen LogP contribution in [0.3, 0.4) is 0 Å². The van der Waals surface area contributed by atoms with Crippen LogP contribution in [0.5, 0.6) is 0 Å². The van der Waals surface area contributed by atoms with Crippen LogP contribution in [-0.4, -0.2) is 6.54 Å². The van der Waals surface area contributed by atoms with Gasteiger partial charge < -0.3 is 9.73 Å². The van der Waals surface area contributed by atoms with Gasteiger partial charge in [0.25, 0.3) is 0 Å². The molecule has 0 aliphatic rings. The molecule has 0 aliphatic heterocycles. The molecule has 0 radical (unpaired) electrons. The first-order valence-electron chi connectivity index (χ1n) is 6.27. The summed E-state index contributed by atoms with van der Waals surface area (Å²) in [4.78, 5) is 0. The maximum atomic E-state index is 5.87. The van der Waals surface area contributed by atoms with E-state index < -0.39 is 0 Å². The van der Waals surface area contributed by atoms with Crippen LogP contribution in [0, 0.1) is 6.92 Å². The zero-order valence-corrected chi connectivity index (χ0v) is 12.4. The van der Waals surface area contributed by atoms with Crippen molar-refractivity contribution in [3.8, 4) is 11.3 Å². The summed E-state index contributed by atoms with van der Waals surface area (Å²) in [5, 5.41) is 3.34. The lowest BCUT2D eigenvalue weighted by Crippen LogP contribution is -2.12. The quantitative estimate of drug-likeness (QED) is 0.822. The molecule has 0 saturated heterocycles. The van der Waals surface area contributed by atoms with E-state index in [0.717, 1.165) is 41.1 Å². The van der Waals surface area contributed by atoms with E-state index in [1.54, 1.807) is 0 Å². The van der Waals surface area contributed by atoms with E-state index in [9.17, 15) is 0 Å². The molecule has 0 amide bonds. The van der Waals surface area contributed by atoms with Crippen LogP contribution in [0.2, 0.25) is 0 Å². The number of benzene rings is 1. The zero-order chi connectivity index (χ0) is 13.0. The minimum atomic E-state index is 0.793. The molecule has 0 aliphatic carbocycles. The van der Waals surface area contributed by atoms with E-state index in [1.165, 1.54) is 5.56 Å². The molecule has 1 N–H and O–H groups in total. The highest BCUT2D eigenvalue weighted by atomic mass is 79.9. The molecule has 0 saturated carbocycles. The van der Waals surface area contributed by atoms with Crippen LogP contribution in [-0.2, 0) is 6.54 Å². The van der Waals surface area contributed by atoms with Gasteiger partial charge in [-0.25, -0.2) is 0 Å². The van der Waals surface area contributed by atoms with Crippen molar-refractivity contribution in [1.82, 2.24) is 5.32 Å². The highest BCUT2D eigenvalue weighted by Crippen LogP contribution is 2.29. The summed E-state index contributed by atoms with van der Waals surface area (Å²) >= 11 is 3.55. The van der Waals surface area contributed by atoms with Crippen LogP contribution < -0.4 is 5.32 Å². The van der Waals surface area contributed by atoms with Crippen LogP contribution in [0.25, 0.3) is 11.3 Å². The largest absolute Gasteiger partial charge is 0.460 e. The number of halogens is 1. The van der Waals surface area contributed by atoms with Crippen molar-refractivity contribution in [2.24, 2.45) is 0 Å². The molecule has 1 aromatic carbocycles. The second kappa shape index (κ2) is 6.21. The average Bonchev–Trinajstić information content (AvgIpc) is 2.82. The van der Waals surface area contributed by atoms with Crippen molar-refractivity contribution in [3.63, 3.8) is 0 Å². The normalized spacial score (nSPS) is 10.8. The predicted octanol–water partition coefficient (Wildman–Crippen LogP) is 4.52. The molecule has 0 bridgehead atoms. The smallest absolute Gasteiger partial charge is 0.134 e. The van der Waals surface area contributed by atoms with E-state index in [0.29, 0.717) is 0 Å². The number of furan rings is 1. The van der Waals surface area contributed by atoms with E-state index in [4.69, 9.17) is 4.42 Å². The van der Waals surface area contributed by atoms with Crippen molar-refractivity contribution in [2.75, 3.05) is 6.54 Å². The fraction of sp³-hybridized carbons (Fsp3) is 0.333. The van der Waals surface area contributed by atoms with Crippen LogP contribution in [0.1, 0.15) is 24.7 Å². The van der Waals surface area contributed by atoms with Crippen LogP contribution in [0.4, 0.5) is 0 Å². The van der Waals surface area contributed by atoms with Crippen molar-refractivity contribution >= 4 is 15.9 Å². The Balaban J connectivity index is 2.16. The summed E-state index contributed by atoms with van der Waals surface area (Å²) in [6.07, 6.45) is 1.14. The monoisotopic (exact) mass is 307 g/mol. The summed E-state index contributed by atoms with van der Waals surface area (Å²) in [7, 11) is 0. The summed E-state index contributed by atoms with van der Waals surface area (Å²) in [5.74, 6) is 1.92. The number of hydrogen-bond donors (Lipinski definition) is 1. The van der Waals surface area contributed by atoms with Crippen molar-refractivity contribution in [3.05, 3.63) is 46.1 Å². The second-order valence-corrected chi connectivity index (χ2v) is 5.21. The van der Waals surface area contributed by atoms with Crippen molar-refractivity contribution in [2.45, 2.75) is 26.8 Å². The van der Waals surface area contributed by atoms with Crippen molar-refractivity contribution in [1.29, 1.82) is 0 Å². The summed E-state index contributed by atoms with van der Waals surface area (Å²) < 4.78 is 6.98. The topological polar surface area (TPSA) is 25.2 Å². The zero-order valence-electron chi connectivity index (χ0n) is 10.8. The highest BCUT2D eigenvalue weighted by Gasteiger charge is 2.08. The van der Waals surface area contributed by atoms with E-state index in [1.807, 2.05) is 24.3 Å². The maximum Gasteiger partial charge on any atom is 0.134 e. The molecule has 1 heterocycles. The SMILES string of the molecule is CCCNCc1ccc(-c2cccc(Br)c2C)o1. The van der Waals surface area contributed by atoms with E-state index in [2.05, 4.69) is 41.2 Å². The first kappa shape index (κ1) is 13.4. The molecular weight excluding hydrogens is 290 g/mol. The third-order valence-corrected chi connectivity index (χ3v) is 3.78. The van der Waals surface area contributed by atoms with Gasteiger partial charge in [0.15, 0.2) is 0 Å². The third-order valence-electron chi connectivity index (χ3n) is 2.92. The maximum absolute atomic E-state index is 5.87. The minimum Gasteiger partial charge on any atom is -0.460 e. The molecular formula is C15H18BrNO. The van der Waals surface area contributed by atoms with E-state index >= 15 is 0 Å². The van der Waals surface area contributed by atoms with Gasteiger partial charge in [-0.1, -0.05) is 35.0 Å².